The summed E-state index contributed by atoms with van der Waals surface area (Å²) in [6.45, 7) is 0. The van der Waals surface area contributed by atoms with Crippen LogP contribution in [0.4, 0.5) is 0 Å². The van der Waals surface area contributed by atoms with E-state index >= 15 is 0 Å². The van der Waals surface area contributed by atoms with Gasteiger partial charge in [0.1, 0.15) is 5.75 Å². The Bertz CT molecular complexity index is 1700. The number of methoxy groups -OCH3 is 1. The largest absolute Gasteiger partial charge is 0.496 e. The molecule has 6 rings (SSSR count). The first kappa shape index (κ1) is 22.5. The molecule has 0 radical (unpaired) electrons. The van der Waals surface area contributed by atoms with Crippen LogP contribution in [0.25, 0.3) is 11.8 Å². The van der Waals surface area contributed by atoms with Gasteiger partial charge in [-0.2, -0.15) is 0 Å². The number of thiazole rings is 1. The second kappa shape index (κ2) is 8.94. The van der Waals surface area contributed by atoms with Gasteiger partial charge in [0, 0.05) is 10.6 Å². The van der Waals surface area contributed by atoms with Crippen molar-refractivity contribution in [2.75, 3.05) is 7.11 Å². The van der Waals surface area contributed by atoms with Crippen LogP contribution in [0.2, 0.25) is 5.02 Å². The standard InChI is InChI=1S/C28H20BrClN2O2S/c1-34-23-13-10-16(14-21(23)29)15-24-27(33)32-26(19-8-4-5-9-22(19)30)20-12-11-17-6-2-3-7-18(17)25(20)31-28(32)35-24/h2-10,13-15,26H,11-12H2,1H3. The fourth-order valence-corrected chi connectivity index (χ4v) is 6.72. The van der Waals surface area contributed by atoms with E-state index in [4.69, 9.17) is 21.3 Å². The third kappa shape index (κ3) is 3.80. The summed E-state index contributed by atoms with van der Waals surface area (Å²) in [5.74, 6) is 0.744. The van der Waals surface area contributed by atoms with E-state index in [1.165, 1.54) is 16.9 Å². The van der Waals surface area contributed by atoms with Crippen molar-refractivity contribution >= 4 is 50.6 Å². The van der Waals surface area contributed by atoms with Gasteiger partial charge in [0.25, 0.3) is 5.56 Å². The highest BCUT2D eigenvalue weighted by atomic mass is 79.9. The normalized spacial score (nSPS) is 16.9. The molecular formula is C28H20BrClN2O2S. The number of benzene rings is 3. The van der Waals surface area contributed by atoms with E-state index in [-0.39, 0.29) is 11.6 Å². The lowest BCUT2D eigenvalue weighted by Crippen LogP contribution is -2.38. The third-order valence-electron chi connectivity index (χ3n) is 6.55. The molecule has 0 saturated carbocycles. The second-order valence-electron chi connectivity index (χ2n) is 8.53. The third-order valence-corrected chi connectivity index (χ3v) is 8.49. The SMILES string of the molecule is COc1ccc(C=c2sc3n(c2=O)C(c2ccccc2Cl)C2=C(N=3)c3ccccc3CC2)cc1Br. The van der Waals surface area contributed by atoms with Crippen LogP contribution in [-0.4, -0.2) is 11.7 Å². The van der Waals surface area contributed by atoms with Crippen LogP contribution in [0, 0.1) is 0 Å². The summed E-state index contributed by atoms with van der Waals surface area (Å²) in [6.07, 6.45) is 3.66. The molecule has 0 bridgehead atoms. The Kier molecular flexibility index (Phi) is 5.75. The lowest BCUT2D eigenvalue weighted by atomic mass is 9.83. The highest BCUT2D eigenvalue weighted by Gasteiger charge is 2.33. The Balaban J connectivity index is 1.61. The van der Waals surface area contributed by atoms with Gasteiger partial charge >= 0.3 is 0 Å². The van der Waals surface area contributed by atoms with Gasteiger partial charge in [0.2, 0.25) is 0 Å². The van der Waals surface area contributed by atoms with Crippen molar-refractivity contribution in [3.8, 4) is 5.75 Å². The van der Waals surface area contributed by atoms with Crippen molar-refractivity contribution in [2.24, 2.45) is 4.99 Å². The highest BCUT2D eigenvalue weighted by Crippen LogP contribution is 2.42. The summed E-state index contributed by atoms with van der Waals surface area (Å²) in [4.78, 5) is 19.6. The van der Waals surface area contributed by atoms with Gasteiger partial charge in [0.15, 0.2) is 4.80 Å². The molecule has 0 fully saturated rings. The van der Waals surface area contributed by atoms with Crippen molar-refractivity contribution in [1.29, 1.82) is 0 Å². The van der Waals surface area contributed by atoms with Crippen molar-refractivity contribution in [1.82, 2.24) is 4.57 Å². The van der Waals surface area contributed by atoms with E-state index in [0.29, 0.717) is 14.4 Å². The van der Waals surface area contributed by atoms with Crippen LogP contribution in [0.1, 0.15) is 34.7 Å². The fraction of sp³-hybridized carbons (Fsp3) is 0.143. The first-order valence-corrected chi connectivity index (χ1v) is 13.2. The minimum absolute atomic E-state index is 0.0592. The first-order valence-electron chi connectivity index (χ1n) is 11.3. The molecule has 1 aliphatic carbocycles. The van der Waals surface area contributed by atoms with E-state index in [9.17, 15) is 4.79 Å². The minimum Gasteiger partial charge on any atom is -0.496 e. The van der Waals surface area contributed by atoms with Gasteiger partial charge in [-0.1, -0.05) is 71.5 Å². The summed E-state index contributed by atoms with van der Waals surface area (Å²) in [5, 5.41) is 0.652. The minimum atomic E-state index is -0.284. The van der Waals surface area contributed by atoms with Gasteiger partial charge in [-0.15, -0.1) is 0 Å². The molecule has 0 saturated heterocycles. The van der Waals surface area contributed by atoms with Crippen LogP contribution < -0.4 is 19.6 Å². The average molecular weight is 564 g/mol. The molecule has 2 aliphatic rings. The zero-order valence-electron chi connectivity index (χ0n) is 18.8. The number of hydrogen-bond acceptors (Lipinski definition) is 4. The molecule has 2 heterocycles. The molecule has 0 amide bonds. The number of allylic oxidation sites excluding steroid dienone is 1. The second-order valence-corrected chi connectivity index (χ2v) is 10.8. The summed E-state index contributed by atoms with van der Waals surface area (Å²) in [5.41, 5.74) is 6.32. The summed E-state index contributed by atoms with van der Waals surface area (Å²) >= 11 is 11.6. The number of rotatable bonds is 3. The molecule has 1 aromatic heterocycles. The predicted molar refractivity (Wildman–Crippen MR) is 145 cm³/mol. The lowest BCUT2D eigenvalue weighted by molar-refractivity contribution is 0.412. The van der Waals surface area contributed by atoms with Crippen LogP contribution in [0.3, 0.4) is 0 Å². The number of aryl methyl sites for hydroxylation is 1. The van der Waals surface area contributed by atoms with E-state index in [1.54, 1.807) is 7.11 Å². The van der Waals surface area contributed by atoms with Crippen LogP contribution in [0.5, 0.6) is 5.75 Å². The number of ether oxygens (including phenoxy) is 1. The Morgan fingerprint density at radius 2 is 1.91 bits per heavy atom. The van der Waals surface area contributed by atoms with Crippen molar-refractivity contribution in [3.05, 3.63) is 124 Å². The van der Waals surface area contributed by atoms with Gasteiger partial charge in [-0.3, -0.25) is 9.36 Å². The number of halogens is 2. The Hall–Kier alpha value is -2.93. The topological polar surface area (TPSA) is 43.6 Å². The lowest BCUT2D eigenvalue weighted by Gasteiger charge is -2.31. The van der Waals surface area contributed by atoms with Crippen LogP contribution in [-0.2, 0) is 6.42 Å². The zero-order valence-corrected chi connectivity index (χ0v) is 22.0. The maximum absolute atomic E-state index is 13.8. The molecule has 4 nitrogen and oxygen atoms in total. The van der Waals surface area contributed by atoms with Crippen LogP contribution >= 0.6 is 38.9 Å². The van der Waals surface area contributed by atoms with Crippen molar-refractivity contribution < 1.29 is 4.74 Å². The van der Waals surface area contributed by atoms with Gasteiger partial charge in [-0.25, -0.2) is 4.99 Å². The number of hydrogen-bond donors (Lipinski definition) is 0. The molecule has 7 heteroatoms. The molecule has 4 aromatic rings. The van der Waals surface area contributed by atoms with E-state index in [1.807, 2.05) is 59.2 Å². The molecule has 174 valence electrons. The maximum atomic E-state index is 13.8. The first-order chi connectivity index (χ1) is 17.0. The van der Waals surface area contributed by atoms with Gasteiger partial charge in [0.05, 0.1) is 27.9 Å². The van der Waals surface area contributed by atoms with E-state index in [2.05, 4.69) is 34.1 Å². The smallest absolute Gasteiger partial charge is 0.271 e. The molecule has 1 atom stereocenters. The summed E-state index contributed by atoms with van der Waals surface area (Å²) in [7, 11) is 1.63. The monoisotopic (exact) mass is 562 g/mol. The molecule has 1 unspecified atom stereocenters. The molecule has 1 aliphatic heterocycles. The van der Waals surface area contributed by atoms with Crippen LogP contribution in [0.15, 0.2) is 86.6 Å². The number of fused-ring (bicyclic) bond motifs is 3. The Morgan fingerprint density at radius 1 is 1.11 bits per heavy atom. The summed E-state index contributed by atoms with van der Waals surface area (Å²) < 4.78 is 8.63. The number of nitrogens with zero attached hydrogens (tertiary/aromatic N) is 2. The van der Waals surface area contributed by atoms with Gasteiger partial charge < -0.3 is 4.74 Å². The van der Waals surface area contributed by atoms with E-state index < -0.39 is 0 Å². The maximum Gasteiger partial charge on any atom is 0.271 e. The summed E-state index contributed by atoms with van der Waals surface area (Å²) in [6, 6.07) is 21.7. The predicted octanol–water partition coefficient (Wildman–Crippen LogP) is 5.74. The fourth-order valence-electron chi connectivity index (χ4n) is 4.92. The van der Waals surface area contributed by atoms with Crippen molar-refractivity contribution in [3.63, 3.8) is 0 Å². The van der Waals surface area contributed by atoms with E-state index in [0.717, 1.165) is 51.0 Å². The molecular weight excluding hydrogens is 544 g/mol. The molecule has 0 N–H and O–H groups in total. The van der Waals surface area contributed by atoms with Crippen molar-refractivity contribution in [2.45, 2.75) is 18.9 Å². The Morgan fingerprint density at radius 3 is 2.71 bits per heavy atom. The molecule has 0 spiro atoms. The number of aromatic nitrogens is 1. The molecule has 3 aromatic carbocycles. The Labute approximate surface area is 219 Å². The molecule has 35 heavy (non-hydrogen) atoms. The zero-order chi connectivity index (χ0) is 24.1. The van der Waals surface area contributed by atoms with Gasteiger partial charge in [-0.05, 0) is 75.3 Å². The quantitative estimate of drug-likeness (QED) is 0.319. The average Bonchev–Trinajstić information content (AvgIpc) is 3.18. The highest BCUT2D eigenvalue weighted by molar-refractivity contribution is 9.10.